The fourth-order valence-electron chi connectivity index (χ4n) is 4.93. The molecule has 0 aliphatic heterocycles. The maximum Gasteiger partial charge on any atom is 0.127 e. The lowest BCUT2D eigenvalue weighted by Crippen LogP contribution is -2.21. The molecule has 0 fully saturated rings. The van der Waals surface area contributed by atoms with Crippen LogP contribution in [0.5, 0.6) is 23.0 Å². The predicted octanol–water partition coefficient (Wildman–Crippen LogP) is 9.81. The zero-order valence-electron chi connectivity index (χ0n) is 23.9. The van der Waals surface area contributed by atoms with Gasteiger partial charge < -0.3 is 15.2 Å². The van der Waals surface area contributed by atoms with Crippen molar-refractivity contribution in [3.05, 3.63) is 149 Å². The Morgan fingerprint density at radius 3 is 0.975 bits per heavy atom. The van der Waals surface area contributed by atoms with Gasteiger partial charge in [0.05, 0.1) is 0 Å². The molecule has 0 radical (unpaired) electrons. The fraction of sp³-hybridized carbons (Fsp3) is 0.189. The molecule has 3 heteroatoms. The number of nitrogen functional groups attached to an aromatic ring is 1. The van der Waals surface area contributed by atoms with Crippen LogP contribution in [0.3, 0.4) is 0 Å². The Morgan fingerprint density at radius 1 is 0.400 bits per heavy atom. The second-order valence-electron chi connectivity index (χ2n) is 11.5. The second-order valence-corrected chi connectivity index (χ2v) is 11.5. The van der Waals surface area contributed by atoms with Crippen molar-refractivity contribution in [2.45, 2.75) is 45.4 Å². The van der Waals surface area contributed by atoms with Gasteiger partial charge in [-0.1, -0.05) is 93.9 Å². The minimum atomic E-state index is -0.155. The van der Waals surface area contributed by atoms with Crippen LogP contribution in [0.15, 0.2) is 121 Å². The minimum Gasteiger partial charge on any atom is -0.457 e. The van der Waals surface area contributed by atoms with Crippen molar-refractivity contribution < 1.29 is 9.47 Å². The number of ether oxygens (including phenoxy) is 2. The first-order chi connectivity index (χ1) is 19.1. The second kappa shape index (κ2) is 10.9. The summed E-state index contributed by atoms with van der Waals surface area (Å²) < 4.78 is 12.0. The molecule has 0 atom stereocenters. The molecular weight excluding hydrogens is 490 g/mol. The number of nitrogens with two attached hydrogens (primary N) is 1. The zero-order valence-corrected chi connectivity index (χ0v) is 23.9. The van der Waals surface area contributed by atoms with Crippen LogP contribution in [0.2, 0.25) is 0 Å². The monoisotopic (exact) mass is 527 g/mol. The Labute approximate surface area is 238 Å². The van der Waals surface area contributed by atoms with E-state index in [-0.39, 0.29) is 10.8 Å². The van der Waals surface area contributed by atoms with Crippen LogP contribution in [0.25, 0.3) is 0 Å². The number of rotatable bonds is 8. The summed E-state index contributed by atoms with van der Waals surface area (Å²) in [5.74, 6) is 3.26. The predicted molar refractivity (Wildman–Crippen MR) is 166 cm³/mol. The lowest BCUT2D eigenvalue weighted by atomic mass is 9.74. The molecule has 40 heavy (non-hydrogen) atoms. The lowest BCUT2D eigenvalue weighted by molar-refractivity contribution is 0.481. The Bertz CT molecular complexity index is 1420. The van der Waals surface area contributed by atoms with E-state index in [0.717, 1.165) is 28.7 Å². The standard InChI is InChI=1S/C37H37NO2/c1-26-6-18-32(19-7-26)39-33-20-12-29(13-21-33)36(2,3)27-8-10-28(11-9-27)37(4,5)30-14-22-34(23-15-30)40-35-24-16-31(38)17-25-35/h6-25H,38H2,1-5H3. The van der Waals surface area contributed by atoms with E-state index in [0.29, 0.717) is 0 Å². The molecule has 0 amide bonds. The molecule has 0 unspecified atom stereocenters. The summed E-state index contributed by atoms with van der Waals surface area (Å²) in [6, 6.07) is 41.3. The van der Waals surface area contributed by atoms with Crippen molar-refractivity contribution in [1.29, 1.82) is 0 Å². The van der Waals surface area contributed by atoms with Crippen molar-refractivity contribution in [1.82, 2.24) is 0 Å². The van der Waals surface area contributed by atoms with E-state index >= 15 is 0 Å². The Kier molecular flexibility index (Phi) is 7.40. The zero-order chi connectivity index (χ0) is 28.3. The third kappa shape index (κ3) is 5.89. The van der Waals surface area contributed by atoms with Crippen LogP contribution in [-0.2, 0) is 10.8 Å². The smallest absolute Gasteiger partial charge is 0.127 e. The Morgan fingerprint density at radius 2 is 0.650 bits per heavy atom. The van der Waals surface area contributed by atoms with Gasteiger partial charge in [-0.25, -0.2) is 0 Å². The van der Waals surface area contributed by atoms with Crippen LogP contribution < -0.4 is 15.2 Å². The highest BCUT2D eigenvalue weighted by molar-refractivity contribution is 5.47. The molecule has 2 N–H and O–H groups in total. The molecule has 0 aromatic heterocycles. The van der Waals surface area contributed by atoms with E-state index in [1.807, 2.05) is 48.5 Å². The van der Waals surface area contributed by atoms with Crippen molar-refractivity contribution in [3.63, 3.8) is 0 Å². The highest BCUT2D eigenvalue weighted by Gasteiger charge is 2.26. The topological polar surface area (TPSA) is 44.5 Å². The molecule has 0 saturated heterocycles. The number of benzene rings is 5. The number of anilines is 1. The number of hydrogen-bond donors (Lipinski definition) is 1. The van der Waals surface area contributed by atoms with Gasteiger partial charge in [-0.05, 0) is 89.8 Å². The van der Waals surface area contributed by atoms with Gasteiger partial charge in [-0.2, -0.15) is 0 Å². The van der Waals surface area contributed by atoms with Crippen LogP contribution in [0.1, 0.15) is 55.5 Å². The fourth-order valence-corrected chi connectivity index (χ4v) is 4.93. The van der Waals surface area contributed by atoms with Crippen molar-refractivity contribution in [2.75, 3.05) is 5.73 Å². The average molecular weight is 528 g/mol. The van der Waals surface area contributed by atoms with Gasteiger partial charge >= 0.3 is 0 Å². The quantitative estimate of drug-likeness (QED) is 0.204. The summed E-state index contributed by atoms with van der Waals surface area (Å²) in [7, 11) is 0. The largest absolute Gasteiger partial charge is 0.457 e. The molecular formula is C37H37NO2. The Hall–Kier alpha value is -4.50. The normalized spacial score (nSPS) is 11.7. The average Bonchev–Trinajstić information content (AvgIpc) is 2.96. The van der Waals surface area contributed by atoms with Gasteiger partial charge in [0.1, 0.15) is 23.0 Å². The summed E-state index contributed by atoms with van der Waals surface area (Å²) in [5.41, 5.74) is 12.4. The first-order valence-electron chi connectivity index (χ1n) is 13.7. The molecule has 0 bridgehead atoms. The molecule has 0 saturated carbocycles. The number of aryl methyl sites for hydroxylation is 1. The van der Waals surface area contributed by atoms with Gasteiger partial charge in [-0.3, -0.25) is 0 Å². The minimum absolute atomic E-state index is 0.147. The highest BCUT2D eigenvalue weighted by atomic mass is 16.5. The maximum absolute atomic E-state index is 6.03. The third-order valence-corrected chi connectivity index (χ3v) is 7.85. The molecule has 0 spiro atoms. The molecule has 0 aliphatic carbocycles. The SMILES string of the molecule is Cc1ccc(Oc2ccc(C(C)(C)c3ccc(C(C)(C)c4ccc(Oc5ccc(N)cc5)cc4)cc3)cc2)cc1. The van der Waals surface area contributed by atoms with Crippen LogP contribution in [-0.4, -0.2) is 0 Å². The Balaban J connectivity index is 1.28. The summed E-state index contributed by atoms with van der Waals surface area (Å²) >= 11 is 0. The first kappa shape index (κ1) is 27.1. The molecule has 3 nitrogen and oxygen atoms in total. The van der Waals surface area contributed by atoms with Crippen molar-refractivity contribution in [3.8, 4) is 23.0 Å². The lowest BCUT2D eigenvalue weighted by Gasteiger charge is -2.29. The van der Waals surface area contributed by atoms with E-state index in [1.165, 1.54) is 27.8 Å². The van der Waals surface area contributed by atoms with E-state index in [4.69, 9.17) is 15.2 Å². The molecule has 5 aromatic carbocycles. The molecule has 5 aromatic rings. The summed E-state index contributed by atoms with van der Waals surface area (Å²) in [6.07, 6.45) is 0. The highest BCUT2D eigenvalue weighted by Crippen LogP contribution is 2.37. The first-order valence-corrected chi connectivity index (χ1v) is 13.7. The van der Waals surface area contributed by atoms with Gasteiger partial charge in [0.15, 0.2) is 0 Å². The van der Waals surface area contributed by atoms with E-state index in [9.17, 15) is 0 Å². The van der Waals surface area contributed by atoms with E-state index < -0.39 is 0 Å². The number of hydrogen-bond acceptors (Lipinski definition) is 3. The summed E-state index contributed by atoms with van der Waals surface area (Å²) in [5, 5.41) is 0. The summed E-state index contributed by atoms with van der Waals surface area (Å²) in [6.45, 7) is 11.1. The third-order valence-electron chi connectivity index (χ3n) is 7.85. The van der Waals surface area contributed by atoms with Crippen LogP contribution in [0.4, 0.5) is 5.69 Å². The molecule has 0 aliphatic rings. The summed E-state index contributed by atoms with van der Waals surface area (Å²) in [4.78, 5) is 0. The maximum atomic E-state index is 6.03. The van der Waals surface area contributed by atoms with Gasteiger partial charge in [0.2, 0.25) is 0 Å². The van der Waals surface area contributed by atoms with Gasteiger partial charge in [0.25, 0.3) is 0 Å². The van der Waals surface area contributed by atoms with Crippen molar-refractivity contribution in [2.24, 2.45) is 0 Å². The molecule has 0 heterocycles. The molecule has 5 rings (SSSR count). The van der Waals surface area contributed by atoms with Gasteiger partial charge in [0, 0.05) is 16.5 Å². The van der Waals surface area contributed by atoms with E-state index in [2.05, 4.69) is 107 Å². The van der Waals surface area contributed by atoms with Crippen molar-refractivity contribution >= 4 is 5.69 Å². The van der Waals surface area contributed by atoms with E-state index in [1.54, 1.807) is 0 Å². The van der Waals surface area contributed by atoms with Gasteiger partial charge in [-0.15, -0.1) is 0 Å². The molecule has 202 valence electrons. The van der Waals surface area contributed by atoms with Crippen LogP contribution in [0, 0.1) is 6.92 Å². The van der Waals surface area contributed by atoms with Crippen LogP contribution >= 0.6 is 0 Å².